The normalized spacial score (nSPS) is 12.1. The molecule has 162 valence electrons. The number of rotatable bonds is 5. The summed E-state index contributed by atoms with van der Waals surface area (Å²) < 4.78 is 13.5. The molecule has 0 saturated heterocycles. The lowest BCUT2D eigenvalue weighted by Gasteiger charge is -2.06. The van der Waals surface area contributed by atoms with Gasteiger partial charge in [0.25, 0.3) is 5.91 Å². The molecule has 0 spiro atoms. The molecule has 2 aromatic heterocycles. The molecule has 0 fully saturated rings. The molecule has 0 saturated carbocycles. The summed E-state index contributed by atoms with van der Waals surface area (Å²) in [6.45, 7) is 0.194. The molecule has 1 amide bonds. The first-order valence-electron chi connectivity index (χ1n) is 10.2. The number of anilines is 3. The summed E-state index contributed by atoms with van der Waals surface area (Å²) in [6, 6.07) is 18.8. The summed E-state index contributed by atoms with van der Waals surface area (Å²) in [5, 5.41) is 7.00. The van der Waals surface area contributed by atoms with Crippen molar-refractivity contribution >= 4 is 44.0 Å². The second kappa shape index (κ2) is 7.95. The van der Waals surface area contributed by atoms with Crippen molar-refractivity contribution in [3.8, 4) is 17.2 Å². The summed E-state index contributed by atoms with van der Waals surface area (Å²) in [5.41, 5.74) is 3.99. The molecule has 0 radical (unpaired) electrons. The molecule has 3 heterocycles. The van der Waals surface area contributed by atoms with Gasteiger partial charge in [0, 0.05) is 41.1 Å². The molecule has 8 nitrogen and oxygen atoms in total. The molecule has 5 aromatic rings. The fourth-order valence-electron chi connectivity index (χ4n) is 3.55. The standard InChI is InChI=1S/C24H17N5O3S/c30-23(26-17-4-8-20-21(12-17)32-14-31-20)15-1-7-19-22(11-15)33-24(28-19)27-16-2-5-18(6-3-16)29-10-9-25-13-29/h1-13H,14H2,(H,26,30)(H,27,28). The topological polar surface area (TPSA) is 90.3 Å². The molecular weight excluding hydrogens is 438 g/mol. The number of hydrogen-bond donors (Lipinski definition) is 2. The molecular formula is C24H17N5O3S. The first kappa shape index (κ1) is 19.3. The summed E-state index contributed by atoms with van der Waals surface area (Å²) in [6.07, 6.45) is 5.41. The van der Waals surface area contributed by atoms with Crippen LogP contribution in [-0.2, 0) is 0 Å². The number of aromatic nitrogens is 3. The Labute approximate surface area is 192 Å². The third-order valence-corrected chi connectivity index (χ3v) is 6.14. The van der Waals surface area contributed by atoms with Crippen LogP contribution in [0.4, 0.5) is 16.5 Å². The minimum absolute atomic E-state index is 0.194. The SMILES string of the molecule is O=C(Nc1ccc2c(c1)OCO2)c1ccc2nc(Nc3ccc(-n4ccnc4)cc3)sc2c1. The van der Waals surface area contributed by atoms with Gasteiger partial charge in [0.15, 0.2) is 16.6 Å². The molecule has 1 aliphatic rings. The van der Waals surface area contributed by atoms with Crippen LogP contribution in [0.2, 0.25) is 0 Å². The van der Waals surface area contributed by atoms with E-state index < -0.39 is 0 Å². The number of imidazole rings is 1. The van der Waals surface area contributed by atoms with E-state index in [-0.39, 0.29) is 12.7 Å². The maximum atomic E-state index is 12.8. The fraction of sp³-hybridized carbons (Fsp3) is 0.0417. The summed E-state index contributed by atoms with van der Waals surface area (Å²) in [4.78, 5) is 21.5. The Morgan fingerprint density at radius 2 is 1.82 bits per heavy atom. The van der Waals surface area contributed by atoms with Crippen LogP contribution < -0.4 is 20.1 Å². The van der Waals surface area contributed by atoms with Gasteiger partial charge in [-0.2, -0.15) is 0 Å². The fourth-order valence-corrected chi connectivity index (χ4v) is 4.47. The summed E-state index contributed by atoms with van der Waals surface area (Å²) in [5.74, 6) is 1.10. The van der Waals surface area contributed by atoms with Crippen LogP contribution in [0.3, 0.4) is 0 Å². The smallest absolute Gasteiger partial charge is 0.255 e. The highest BCUT2D eigenvalue weighted by Crippen LogP contribution is 2.34. The second-order valence-corrected chi connectivity index (χ2v) is 8.40. The quantitative estimate of drug-likeness (QED) is 0.378. The lowest BCUT2D eigenvalue weighted by molar-refractivity contribution is 0.102. The number of hydrogen-bond acceptors (Lipinski definition) is 7. The first-order chi connectivity index (χ1) is 16.2. The molecule has 2 N–H and O–H groups in total. The zero-order chi connectivity index (χ0) is 22.2. The van der Waals surface area contributed by atoms with Gasteiger partial charge in [-0.05, 0) is 54.6 Å². The zero-order valence-corrected chi connectivity index (χ0v) is 18.0. The average molecular weight is 455 g/mol. The number of amides is 1. The minimum atomic E-state index is -0.200. The van der Waals surface area contributed by atoms with Gasteiger partial charge < -0.3 is 24.7 Å². The number of benzene rings is 3. The van der Waals surface area contributed by atoms with Crippen LogP contribution in [0.1, 0.15) is 10.4 Å². The van der Waals surface area contributed by atoms with Crippen molar-refractivity contribution in [1.82, 2.24) is 14.5 Å². The van der Waals surface area contributed by atoms with E-state index in [0.29, 0.717) is 22.7 Å². The van der Waals surface area contributed by atoms with Gasteiger partial charge in [0.2, 0.25) is 6.79 Å². The van der Waals surface area contributed by atoms with Gasteiger partial charge in [-0.15, -0.1) is 0 Å². The molecule has 0 aliphatic carbocycles. The monoisotopic (exact) mass is 455 g/mol. The Morgan fingerprint density at radius 3 is 2.67 bits per heavy atom. The van der Waals surface area contributed by atoms with E-state index in [1.54, 1.807) is 36.8 Å². The highest BCUT2D eigenvalue weighted by molar-refractivity contribution is 7.22. The number of ether oxygens (including phenoxy) is 2. The lowest BCUT2D eigenvalue weighted by Crippen LogP contribution is -2.11. The Morgan fingerprint density at radius 1 is 0.970 bits per heavy atom. The van der Waals surface area contributed by atoms with Crippen molar-refractivity contribution in [3.63, 3.8) is 0 Å². The highest BCUT2D eigenvalue weighted by Gasteiger charge is 2.15. The van der Waals surface area contributed by atoms with E-state index in [1.807, 2.05) is 47.2 Å². The Kier molecular flexibility index (Phi) is 4.66. The molecule has 33 heavy (non-hydrogen) atoms. The first-order valence-corrected chi connectivity index (χ1v) is 11.0. The minimum Gasteiger partial charge on any atom is -0.454 e. The molecule has 0 unspecified atom stereocenters. The highest BCUT2D eigenvalue weighted by atomic mass is 32.1. The number of fused-ring (bicyclic) bond motifs is 2. The van der Waals surface area contributed by atoms with Crippen molar-refractivity contribution < 1.29 is 14.3 Å². The van der Waals surface area contributed by atoms with E-state index in [2.05, 4.69) is 20.6 Å². The number of nitrogens with one attached hydrogen (secondary N) is 2. The molecule has 3 aromatic carbocycles. The largest absolute Gasteiger partial charge is 0.454 e. The molecule has 9 heteroatoms. The van der Waals surface area contributed by atoms with E-state index in [9.17, 15) is 4.79 Å². The molecule has 1 aliphatic heterocycles. The van der Waals surface area contributed by atoms with Gasteiger partial charge in [-0.1, -0.05) is 11.3 Å². The molecule has 0 bridgehead atoms. The number of carbonyl (C=O) groups is 1. The zero-order valence-electron chi connectivity index (χ0n) is 17.2. The van der Waals surface area contributed by atoms with Crippen LogP contribution in [0.25, 0.3) is 15.9 Å². The van der Waals surface area contributed by atoms with Crippen molar-refractivity contribution in [2.24, 2.45) is 0 Å². The van der Waals surface area contributed by atoms with Gasteiger partial charge in [-0.3, -0.25) is 4.79 Å². The van der Waals surface area contributed by atoms with E-state index in [4.69, 9.17) is 9.47 Å². The van der Waals surface area contributed by atoms with Crippen LogP contribution in [0, 0.1) is 0 Å². The van der Waals surface area contributed by atoms with Crippen LogP contribution in [0.5, 0.6) is 11.5 Å². The number of thiazole rings is 1. The van der Waals surface area contributed by atoms with Crippen molar-refractivity contribution in [2.75, 3.05) is 17.4 Å². The van der Waals surface area contributed by atoms with E-state index in [1.165, 1.54) is 11.3 Å². The average Bonchev–Trinajstić information content (AvgIpc) is 3.59. The third-order valence-electron chi connectivity index (χ3n) is 5.20. The third kappa shape index (κ3) is 3.85. The predicted molar refractivity (Wildman–Crippen MR) is 127 cm³/mol. The van der Waals surface area contributed by atoms with E-state index in [0.717, 1.165) is 26.7 Å². The van der Waals surface area contributed by atoms with Gasteiger partial charge >= 0.3 is 0 Å². The molecule has 0 atom stereocenters. The summed E-state index contributed by atoms with van der Waals surface area (Å²) in [7, 11) is 0. The number of carbonyl (C=O) groups excluding carboxylic acids is 1. The van der Waals surface area contributed by atoms with Gasteiger partial charge in [-0.25, -0.2) is 9.97 Å². The Balaban J connectivity index is 1.18. The lowest BCUT2D eigenvalue weighted by atomic mass is 10.2. The Hall–Kier alpha value is -4.37. The van der Waals surface area contributed by atoms with E-state index >= 15 is 0 Å². The maximum Gasteiger partial charge on any atom is 0.255 e. The van der Waals surface area contributed by atoms with Crippen molar-refractivity contribution in [3.05, 3.63) is 84.9 Å². The number of nitrogens with zero attached hydrogens (tertiary/aromatic N) is 3. The maximum absolute atomic E-state index is 12.8. The van der Waals surface area contributed by atoms with Gasteiger partial charge in [0.05, 0.1) is 16.5 Å². The summed E-state index contributed by atoms with van der Waals surface area (Å²) >= 11 is 1.49. The Bertz CT molecular complexity index is 1460. The van der Waals surface area contributed by atoms with Gasteiger partial charge in [0.1, 0.15) is 0 Å². The van der Waals surface area contributed by atoms with Crippen LogP contribution >= 0.6 is 11.3 Å². The predicted octanol–water partition coefficient (Wildman–Crippen LogP) is 5.21. The second-order valence-electron chi connectivity index (χ2n) is 7.37. The van der Waals surface area contributed by atoms with Crippen molar-refractivity contribution in [2.45, 2.75) is 0 Å². The van der Waals surface area contributed by atoms with Crippen LogP contribution in [0.15, 0.2) is 79.4 Å². The van der Waals surface area contributed by atoms with Crippen LogP contribution in [-0.4, -0.2) is 27.2 Å². The molecule has 6 rings (SSSR count). The van der Waals surface area contributed by atoms with Crippen molar-refractivity contribution in [1.29, 1.82) is 0 Å².